The summed E-state index contributed by atoms with van der Waals surface area (Å²) in [4.78, 5) is 11.9. The molecule has 1 rings (SSSR count). The molecule has 5 heteroatoms. The Morgan fingerprint density at radius 1 is 1.37 bits per heavy atom. The normalized spacial score (nSPS) is 13.9. The van der Waals surface area contributed by atoms with Gasteiger partial charge in [-0.1, -0.05) is 20.3 Å². The van der Waals surface area contributed by atoms with Gasteiger partial charge in [-0.15, -0.1) is 0 Å². The third kappa shape index (κ3) is 4.19. The lowest BCUT2D eigenvalue weighted by Gasteiger charge is -2.18. The minimum atomic E-state index is -0.880. The van der Waals surface area contributed by atoms with Crippen molar-refractivity contribution in [2.24, 2.45) is 5.92 Å². The zero-order valence-corrected chi connectivity index (χ0v) is 11.5. The molecule has 2 atom stereocenters. The van der Waals surface area contributed by atoms with Gasteiger partial charge in [0.15, 0.2) is 5.82 Å². The molecule has 0 bridgehead atoms. The van der Waals surface area contributed by atoms with Gasteiger partial charge in [0.2, 0.25) is 0 Å². The molecule has 1 amide bonds. The Morgan fingerprint density at radius 3 is 2.58 bits per heavy atom. The van der Waals surface area contributed by atoms with Crippen molar-refractivity contribution in [3.05, 3.63) is 29.3 Å². The highest BCUT2D eigenvalue weighted by Crippen LogP contribution is 2.18. The van der Waals surface area contributed by atoms with E-state index in [1.54, 1.807) is 0 Å². The molecule has 0 spiro atoms. The Morgan fingerprint density at radius 2 is 2.00 bits per heavy atom. The zero-order chi connectivity index (χ0) is 14.6. The number of nitrogens with two attached hydrogens (primary N) is 1. The van der Waals surface area contributed by atoms with E-state index in [2.05, 4.69) is 19.2 Å². The van der Waals surface area contributed by atoms with E-state index in [-0.39, 0.29) is 17.3 Å². The maximum absolute atomic E-state index is 13.7. The lowest BCUT2D eigenvalue weighted by molar-refractivity contribution is 0.0931. The largest absolute Gasteiger partial charge is 0.396 e. The van der Waals surface area contributed by atoms with E-state index in [0.717, 1.165) is 25.0 Å². The van der Waals surface area contributed by atoms with E-state index >= 15 is 0 Å². The van der Waals surface area contributed by atoms with Crippen LogP contribution in [0.15, 0.2) is 12.1 Å². The van der Waals surface area contributed by atoms with Crippen LogP contribution in [0, 0.1) is 17.6 Å². The molecule has 0 saturated heterocycles. The van der Waals surface area contributed by atoms with Crippen LogP contribution in [0.2, 0.25) is 0 Å². The Kier molecular flexibility index (Phi) is 5.27. The van der Waals surface area contributed by atoms with Crippen molar-refractivity contribution in [2.45, 2.75) is 39.7 Å². The maximum Gasteiger partial charge on any atom is 0.254 e. The lowest BCUT2D eigenvalue weighted by atomic mass is 10.00. The van der Waals surface area contributed by atoms with Gasteiger partial charge in [-0.25, -0.2) is 8.78 Å². The number of amides is 1. The summed E-state index contributed by atoms with van der Waals surface area (Å²) in [5.41, 5.74) is 4.58. The number of carbonyl (C=O) groups is 1. The molecular weight excluding hydrogens is 250 g/mol. The fourth-order valence-corrected chi connectivity index (χ4v) is 1.91. The topological polar surface area (TPSA) is 55.1 Å². The number of rotatable bonds is 5. The molecule has 3 nitrogen and oxygen atoms in total. The first-order chi connectivity index (χ1) is 8.85. The van der Waals surface area contributed by atoms with E-state index in [1.807, 2.05) is 6.92 Å². The van der Waals surface area contributed by atoms with Crippen molar-refractivity contribution in [1.82, 2.24) is 5.32 Å². The van der Waals surface area contributed by atoms with Gasteiger partial charge in [0.25, 0.3) is 5.91 Å². The van der Waals surface area contributed by atoms with Gasteiger partial charge in [-0.3, -0.25) is 4.79 Å². The van der Waals surface area contributed by atoms with E-state index in [0.29, 0.717) is 5.92 Å². The molecule has 0 fully saturated rings. The zero-order valence-electron chi connectivity index (χ0n) is 11.5. The van der Waals surface area contributed by atoms with Crippen LogP contribution in [0.3, 0.4) is 0 Å². The molecule has 1 aromatic carbocycles. The molecule has 0 heterocycles. The van der Waals surface area contributed by atoms with Gasteiger partial charge in [-0.05, 0) is 31.4 Å². The minimum absolute atomic E-state index is 0.105. The van der Waals surface area contributed by atoms with Crippen LogP contribution in [-0.2, 0) is 0 Å². The average Bonchev–Trinajstić information content (AvgIpc) is 2.33. The number of hydrogen-bond donors (Lipinski definition) is 2. The summed E-state index contributed by atoms with van der Waals surface area (Å²) < 4.78 is 26.8. The SMILES string of the molecule is CCC(C)CC(C)NC(=O)c1cc(F)cc(N)c1F. The second kappa shape index (κ2) is 6.50. The third-order valence-electron chi connectivity index (χ3n) is 3.14. The maximum atomic E-state index is 13.7. The van der Waals surface area contributed by atoms with E-state index in [9.17, 15) is 13.6 Å². The number of benzene rings is 1. The summed E-state index contributed by atoms with van der Waals surface area (Å²) in [6, 6.07) is 1.61. The third-order valence-corrected chi connectivity index (χ3v) is 3.14. The van der Waals surface area contributed by atoms with Crippen molar-refractivity contribution in [2.75, 3.05) is 5.73 Å². The Hall–Kier alpha value is -1.65. The highest BCUT2D eigenvalue weighted by atomic mass is 19.1. The van der Waals surface area contributed by atoms with Crippen LogP contribution < -0.4 is 11.1 Å². The van der Waals surface area contributed by atoms with Crippen LogP contribution in [0.5, 0.6) is 0 Å². The Balaban J connectivity index is 2.79. The summed E-state index contributed by atoms with van der Waals surface area (Å²) in [6.07, 6.45) is 1.79. The van der Waals surface area contributed by atoms with Gasteiger partial charge < -0.3 is 11.1 Å². The fourth-order valence-electron chi connectivity index (χ4n) is 1.91. The van der Waals surface area contributed by atoms with Crippen LogP contribution in [-0.4, -0.2) is 11.9 Å². The summed E-state index contributed by atoms with van der Waals surface area (Å²) in [5, 5.41) is 2.66. The van der Waals surface area contributed by atoms with Gasteiger partial charge >= 0.3 is 0 Å². The summed E-state index contributed by atoms with van der Waals surface area (Å²) in [7, 11) is 0. The lowest BCUT2D eigenvalue weighted by Crippen LogP contribution is -2.34. The molecule has 1 aromatic rings. The fraction of sp³-hybridized carbons (Fsp3) is 0.500. The van der Waals surface area contributed by atoms with E-state index in [1.165, 1.54) is 0 Å². The van der Waals surface area contributed by atoms with E-state index in [4.69, 9.17) is 5.73 Å². The molecule has 3 N–H and O–H groups in total. The molecule has 0 aliphatic carbocycles. The quantitative estimate of drug-likeness (QED) is 0.808. The molecule has 0 radical (unpaired) electrons. The van der Waals surface area contributed by atoms with Gasteiger partial charge in [-0.2, -0.15) is 0 Å². The minimum Gasteiger partial charge on any atom is -0.396 e. The predicted molar refractivity (Wildman–Crippen MR) is 71.8 cm³/mol. The highest BCUT2D eigenvalue weighted by Gasteiger charge is 2.18. The number of nitrogen functional groups attached to an aromatic ring is 1. The summed E-state index contributed by atoms with van der Waals surface area (Å²) in [6.45, 7) is 5.97. The Labute approximate surface area is 112 Å². The van der Waals surface area contributed by atoms with Crippen molar-refractivity contribution in [1.29, 1.82) is 0 Å². The number of carbonyl (C=O) groups excluding carboxylic acids is 1. The molecule has 2 unspecified atom stereocenters. The Bertz CT molecular complexity index is 463. The first-order valence-corrected chi connectivity index (χ1v) is 6.40. The first-order valence-electron chi connectivity index (χ1n) is 6.40. The van der Waals surface area contributed by atoms with Crippen LogP contribution in [0.4, 0.5) is 14.5 Å². The average molecular weight is 270 g/mol. The molecular formula is C14H20F2N2O. The van der Waals surface area contributed by atoms with E-state index < -0.39 is 17.5 Å². The molecule has 0 aliphatic heterocycles. The summed E-state index contributed by atoms with van der Waals surface area (Å²) >= 11 is 0. The van der Waals surface area contributed by atoms with Gasteiger partial charge in [0.1, 0.15) is 5.82 Å². The van der Waals surface area contributed by atoms with Crippen molar-refractivity contribution < 1.29 is 13.6 Å². The smallest absolute Gasteiger partial charge is 0.254 e. The van der Waals surface area contributed by atoms with Crippen LogP contribution in [0.25, 0.3) is 0 Å². The number of nitrogens with one attached hydrogen (secondary N) is 1. The monoisotopic (exact) mass is 270 g/mol. The molecule has 0 aromatic heterocycles. The second-order valence-electron chi connectivity index (χ2n) is 4.98. The molecule has 0 aliphatic rings. The van der Waals surface area contributed by atoms with Crippen molar-refractivity contribution in [3.63, 3.8) is 0 Å². The standard InChI is InChI=1S/C14H20F2N2O/c1-4-8(2)5-9(3)18-14(19)11-6-10(15)7-12(17)13(11)16/h6-9H,4-5,17H2,1-3H3,(H,18,19). The molecule has 0 saturated carbocycles. The molecule has 19 heavy (non-hydrogen) atoms. The second-order valence-corrected chi connectivity index (χ2v) is 4.98. The van der Waals surface area contributed by atoms with Crippen molar-refractivity contribution in [3.8, 4) is 0 Å². The predicted octanol–water partition coefficient (Wildman–Crippen LogP) is 3.10. The first kappa shape index (κ1) is 15.4. The molecule has 106 valence electrons. The number of anilines is 1. The van der Waals surface area contributed by atoms with Gasteiger partial charge in [0, 0.05) is 6.04 Å². The number of halogens is 2. The highest BCUT2D eigenvalue weighted by molar-refractivity contribution is 5.95. The summed E-state index contributed by atoms with van der Waals surface area (Å²) in [5.74, 6) is -1.79. The number of hydrogen-bond acceptors (Lipinski definition) is 2. The van der Waals surface area contributed by atoms with Crippen molar-refractivity contribution >= 4 is 11.6 Å². The van der Waals surface area contributed by atoms with Crippen LogP contribution in [0.1, 0.15) is 44.0 Å². The van der Waals surface area contributed by atoms with Crippen LogP contribution >= 0.6 is 0 Å². The van der Waals surface area contributed by atoms with Gasteiger partial charge in [0.05, 0.1) is 11.3 Å².